The first-order valence-corrected chi connectivity index (χ1v) is 6.62. The van der Waals surface area contributed by atoms with Gasteiger partial charge in [0.05, 0.1) is 13.2 Å². The summed E-state index contributed by atoms with van der Waals surface area (Å²) >= 11 is 0. The lowest BCUT2D eigenvalue weighted by molar-refractivity contribution is -0.405. The molecule has 0 aliphatic heterocycles. The zero-order valence-electron chi connectivity index (χ0n) is 10.5. The fourth-order valence-corrected chi connectivity index (χ4v) is 2.01. The fraction of sp³-hybridized carbons (Fsp3) is 0.750. The summed E-state index contributed by atoms with van der Waals surface area (Å²) in [6.45, 7) is 1.27. The minimum Gasteiger partial charge on any atom is -0.396 e. The van der Waals surface area contributed by atoms with Crippen LogP contribution in [-0.4, -0.2) is 25.4 Å². The predicted octanol–water partition coefficient (Wildman–Crippen LogP) is 4.42. The van der Waals surface area contributed by atoms with E-state index in [-0.39, 0.29) is 0 Å². The third-order valence-corrected chi connectivity index (χ3v) is 3.11. The van der Waals surface area contributed by atoms with Crippen LogP contribution < -0.4 is 0 Å². The van der Waals surface area contributed by atoms with E-state index < -0.39 is 45.3 Å². The van der Waals surface area contributed by atoms with E-state index >= 15 is 0 Å². The molecule has 126 valence electrons. The molecular weight excluding hydrogens is 340 g/mol. The molecule has 0 heterocycles. The highest BCUT2D eigenvalue weighted by Crippen LogP contribution is 2.56. The molecule has 21 heavy (non-hydrogen) atoms. The van der Waals surface area contributed by atoms with Gasteiger partial charge < -0.3 is 4.74 Å². The molecule has 0 rings (SSSR count). The van der Waals surface area contributed by atoms with E-state index in [1.54, 1.807) is 0 Å². The van der Waals surface area contributed by atoms with E-state index in [1.165, 1.54) is 0 Å². The van der Waals surface area contributed by atoms with E-state index in [1.807, 2.05) is 0 Å². The standard InChI is InChI=1S/C8H10F7O5P/c1-3-17-21(16,18-4-2)20-8(14,15)7(12,13)19-6(11)5(9)10/h3-4H2,1-2H3. The second-order valence-electron chi connectivity index (χ2n) is 3.04. The number of rotatable bonds is 9. The quantitative estimate of drug-likeness (QED) is 0.350. The SMILES string of the molecule is CCOP(=O)(OCC)OC(F)(F)C(F)(F)OC(F)=C(F)F. The second-order valence-corrected chi connectivity index (χ2v) is 4.64. The Bertz CT molecular complexity index is 413. The van der Waals surface area contributed by atoms with Crippen LogP contribution >= 0.6 is 7.82 Å². The summed E-state index contributed by atoms with van der Waals surface area (Å²) in [4.78, 5) is 0. The van der Waals surface area contributed by atoms with Crippen LogP contribution in [0.4, 0.5) is 30.7 Å². The number of hydrogen-bond donors (Lipinski definition) is 0. The van der Waals surface area contributed by atoms with Crippen LogP contribution in [0.3, 0.4) is 0 Å². The van der Waals surface area contributed by atoms with Crippen LogP contribution in [-0.2, 0) is 22.9 Å². The van der Waals surface area contributed by atoms with Crippen molar-refractivity contribution in [3.63, 3.8) is 0 Å². The summed E-state index contributed by atoms with van der Waals surface area (Å²) in [5, 5.41) is 0. The molecule has 0 radical (unpaired) electrons. The van der Waals surface area contributed by atoms with Crippen molar-refractivity contribution in [1.82, 2.24) is 0 Å². The van der Waals surface area contributed by atoms with Gasteiger partial charge in [-0.05, 0) is 13.8 Å². The summed E-state index contributed by atoms with van der Waals surface area (Å²) in [5.41, 5.74) is 0. The lowest BCUT2D eigenvalue weighted by Gasteiger charge is -2.27. The maximum Gasteiger partial charge on any atom is 0.496 e. The first kappa shape index (κ1) is 20.2. The Morgan fingerprint density at radius 1 is 0.952 bits per heavy atom. The Morgan fingerprint density at radius 2 is 1.38 bits per heavy atom. The average Bonchev–Trinajstić information content (AvgIpc) is 2.27. The molecule has 0 saturated carbocycles. The van der Waals surface area contributed by atoms with Gasteiger partial charge in [-0.3, -0.25) is 9.05 Å². The molecule has 0 saturated heterocycles. The van der Waals surface area contributed by atoms with Gasteiger partial charge in [0, 0.05) is 0 Å². The van der Waals surface area contributed by atoms with Gasteiger partial charge in [0.15, 0.2) is 0 Å². The number of halogens is 7. The molecular formula is C8H10F7O5P. The van der Waals surface area contributed by atoms with Crippen LogP contribution in [0.1, 0.15) is 13.8 Å². The maximum absolute atomic E-state index is 13.1. The Labute approximate surface area is 114 Å². The van der Waals surface area contributed by atoms with Gasteiger partial charge in [0.25, 0.3) is 0 Å². The normalized spacial score (nSPS) is 13.2. The Kier molecular flexibility index (Phi) is 7.13. The summed E-state index contributed by atoms with van der Waals surface area (Å²) in [5.74, 6) is 0. The van der Waals surface area contributed by atoms with Gasteiger partial charge in [-0.2, -0.15) is 30.7 Å². The van der Waals surface area contributed by atoms with E-state index in [0.29, 0.717) is 0 Å². The molecule has 0 N–H and O–H groups in total. The topological polar surface area (TPSA) is 54.0 Å². The molecule has 0 atom stereocenters. The summed E-state index contributed by atoms with van der Waals surface area (Å²) in [7, 11) is -5.14. The van der Waals surface area contributed by atoms with Gasteiger partial charge in [-0.15, -0.1) is 0 Å². The van der Waals surface area contributed by atoms with Crippen molar-refractivity contribution in [2.45, 2.75) is 26.1 Å². The zero-order valence-corrected chi connectivity index (χ0v) is 11.4. The number of hydrogen-bond acceptors (Lipinski definition) is 5. The van der Waals surface area contributed by atoms with E-state index in [9.17, 15) is 35.3 Å². The van der Waals surface area contributed by atoms with Crippen LogP contribution in [0.15, 0.2) is 12.1 Å². The van der Waals surface area contributed by atoms with Crippen molar-refractivity contribution in [1.29, 1.82) is 0 Å². The summed E-state index contributed by atoms with van der Waals surface area (Å²) in [6.07, 6.45) is -15.1. The molecule has 13 heteroatoms. The molecule has 0 bridgehead atoms. The Hall–Kier alpha value is -0.840. The molecule has 0 aliphatic rings. The van der Waals surface area contributed by atoms with Crippen molar-refractivity contribution >= 4 is 7.82 Å². The average molecular weight is 350 g/mol. The highest BCUT2D eigenvalue weighted by molar-refractivity contribution is 7.48. The maximum atomic E-state index is 13.1. The van der Waals surface area contributed by atoms with Crippen LogP contribution in [0.25, 0.3) is 0 Å². The smallest absolute Gasteiger partial charge is 0.396 e. The number of phosphoric ester groups is 1. The van der Waals surface area contributed by atoms with Crippen molar-refractivity contribution in [3.05, 3.63) is 12.1 Å². The highest BCUT2D eigenvalue weighted by atomic mass is 31.2. The van der Waals surface area contributed by atoms with Crippen LogP contribution in [0.2, 0.25) is 0 Å². The van der Waals surface area contributed by atoms with Crippen molar-refractivity contribution < 1.29 is 53.6 Å². The molecule has 0 aromatic carbocycles. The molecule has 0 amide bonds. The molecule has 0 fully saturated rings. The number of alkyl halides is 4. The molecule has 0 aliphatic carbocycles. The van der Waals surface area contributed by atoms with E-state index in [4.69, 9.17) is 0 Å². The highest BCUT2D eigenvalue weighted by Gasteiger charge is 2.66. The molecule has 5 nitrogen and oxygen atoms in total. The van der Waals surface area contributed by atoms with Gasteiger partial charge in [-0.1, -0.05) is 0 Å². The van der Waals surface area contributed by atoms with E-state index in [0.717, 1.165) is 13.8 Å². The number of ether oxygens (including phenoxy) is 1. The van der Waals surface area contributed by atoms with Crippen molar-refractivity contribution in [2.75, 3.05) is 13.2 Å². The molecule has 0 unspecified atom stereocenters. The first-order chi connectivity index (χ1) is 9.41. The lowest BCUT2D eigenvalue weighted by Crippen LogP contribution is -2.44. The first-order valence-electron chi connectivity index (χ1n) is 5.16. The second kappa shape index (κ2) is 7.43. The van der Waals surface area contributed by atoms with Crippen molar-refractivity contribution in [2.24, 2.45) is 0 Å². The van der Waals surface area contributed by atoms with Gasteiger partial charge >= 0.3 is 32.1 Å². The minimum absolute atomic E-state index is 0.521. The summed E-state index contributed by atoms with van der Waals surface area (Å²) in [6, 6.07) is -3.24. The third-order valence-electron chi connectivity index (χ3n) is 1.51. The van der Waals surface area contributed by atoms with Gasteiger partial charge in [0.1, 0.15) is 0 Å². The van der Waals surface area contributed by atoms with Crippen molar-refractivity contribution in [3.8, 4) is 0 Å². The van der Waals surface area contributed by atoms with Gasteiger partial charge in [-0.25, -0.2) is 9.09 Å². The molecule has 0 aromatic heterocycles. The van der Waals surface area contributed by atoms with Gasteiger partial charge in [0.2, 0.25) is 0 Å². The summed E-state index contributed by atoms with van der Waals surface area (Å²) < 4.78 is 113. The van der Waals surface area contributed by atoms with Crippen LogP contribution in [0, 0.1) is 0 Å². The fourth-order valence-electron chi connectivity index (χ4n) is 0.810. The van der Waals surface area contributed by atoms with Crippen LogP contribution in [0.5, 0.6) is 0 Å². The van der Waals surface area contributed by atoms with E-state index in [2.05, 4.69) is 18.3 Å². The Morgan fingerprint density at radius 3 is 1.71 bits per heavy atom. The number of phosphoric acid groups is 1. The monoisotopic (exact) mass is 350 g/mol. The largest absolute Gasteiger partial charge is 0.496 e. The third kappa shape index (κ3) is 5.81. The molecule has 0 spiro atoms. The Balaban J connectivity index is 5.25. The minimum atomic E-state index is -5.90. The lowest BCUT2D eigenvalue weighted by atomic mass is 10.6. The predicted molar refractivity (Wildman–Crippen MR) is 53.3 cm³/mol. The molecule has 0 aromatic rings. The zero-order chi connectivity index (χ0) is 16.9.